The van der Waals surface area contributed by atoms with Crippen LogP contribution in [-0.4, -0.2) is 26.4 Å². The molecule has 1 rings (SSSR count). The first kappa shape index (κ1) is 14.4. The minimum absolute atomic E-state index is 0.0541. The van der Waals surface area contributed by atoms with E-state index in [2.05, 4.69) is 10.6 Å². The number of primary amides is 1. The molecule has 1 aromatic rings. The van der Waals surface area contributed by atoms with Gasteiger partial charge in [0.05, 0.1) is 14.2 Å². The van der Waals surface area contributed by atoms with Crippen LogP contribution in [0.3, 0.4) is 0 Å². The number of benzene rings is 1. The molecular formula is C11H14N2O6. The average molecular weight is 270 g/mol. The molecule has 0 aliphatic heterocycles. The normalized spacial score (nSPS) is 9.37. The highest BCUT2D eigenvalue weighted by Gasteiger charge is 2.07. The van der Waals surface area contributed by atoms with Crippen molar-refractivity contribution >= 4 is 12.2 Å². The van der Waals surface area contributed by atoms with Gasteiger partial charge in [0.1, 0.15) is 18.1 Å². The number of hydrogen-bond acceptors (Lipinski definition) is 6. The molecule has 8 heteroatoms. The van der Waals surface area contributed by atoms with E-state index in [-0.39, 0.29) is 6.61 Å². The van der Waals surface area contributed by atoms with Crippen molar-refractivity contribution in [1.82, 2.24) is 5.48 Å². The molecule has 0 unspecified atom stereocenters. The zero-order valence-electron chi connectivity index (χ0n) is 10.5. The largest absolute Gasteiger partial charge is 0.497 e. The van der Waals surface area contributed by atoms with Crippen molar-refractivity contribution in [3.8, 4) is 11.5 Å². The zero-order chi connectivity index (χ0) is 14.3. The summed E-state index contributed by atoms with van der Waals surface area (Å²) < 4.78 is 14.9. The van der Waals surface area contributed by atoms with Gasteiger partial charge in [0.25, 0.3) is 0 Å². The van der Waals surface area contributed by atoms with Gasteiger partial charge < -0.3 is 24.8 Å². The molecule has 0 radical (unpaired) electrons. The number of rotatable bonds is 4. The molecule has 0 heterocycles. The molecule has 8 nitrogen and oxygen atoms in total. The van der Waals surface area contributed by atoms with Crippen LogP contribution in [0.15, 0.2) is 18.2 Å². The van der Waals surface area contributed by atoms with Gasteiger partial charge in [-0.3, -0.25) is 0 Å². The molecule has 3 N–H and O–H groups in total. The van der Waals surface area contributed by atoms with Crippen molar-refractivity contribution in [3.05, 3.63) is 23.8 Å². The molecule has 0 spiro atoms. The summed E-state index contributed by atoms with van der Waals surface area (Å²) in [6.45, 7) is -0.0541. The van der Waals surface area contributed by atoms with Gasteiger partial charge in [-0.15, -0.1) is 5.48 Å². The van der Waals surface area contributed by atoms with Crippen LogP contribution in [0.5, 0.6) is 11.5 Å². The zero-order valence-corrected chi connectivity index (χ0v) is 10.5. The van der Waals surface area contributed by atoms with E-state index in [4.69, 9.17) is 14.2 Å². The first-order valence-corrected chi connectivity index (χ1v) is 5.16. The molecule has 2 amide bonds. The van der Waals surface area contributed by atoms with Crippen LogP contribution in [0.2, 0.25) is 0 Å². The number of nitrogens with two attached hydrogens (primary N) is 1. The number of ether oxygens (including phenoxy) is 3. The fraction of sp³-hybridized carbons (Fsp3) is 0.273. The van der Waals surface area contributed by atoms with Gasteiger partial charge in [-0.1, -0.05) is 0 Å². The van der Waals surface area contributed by atoms with Crippen LogP contribution in [0, 0.1) is 0 Å². The number of hydrogen-bond donors (Lipinski definition) is 2. The smallest absolute Gasteiger partial charge is 0.441 e. The Morgan fingerprint density at radius 3 is 2.21 bits per heavy atom. The fourth-order valence-electron chi connectivity index (χ4n) is 1.22. The van der Waals surface area contributed by atoms with E-state index >= 15 is 0 Å². The standard InChI is InChI=1S/C11H14N2O6/c1-16-8-3-7(4-9(5-8)17-2)6-18-11(15)13-19-10(12)14/h3-5H,6H2,1-2H3,(H2,12,14)(H,13,15). The van der Waals surface area contributed by atoms with Crippen LogP contribution in [0.25, 0.3) is 0 Å². The summed E-state index contributed by atoms with van der Waals surface area (Å²) >= 11 is 0. The Kier molecular flexibility index (Phi) is 5.27. The second-order valence-corrected chi connectivity index (χ2v) is 3.32. The predicted molar refractivity (Wildman–Crippen MR) is 63.5 cm³/mol. The van der Waals surface area contributed by atoms with Crippen molar-refractivity contribution in [2.75, 3.05) is 14.2 Å². The van der Waals surface area contributed by atoms with E-state index in [1.807, 2.05) is 0 Å². The summed E-state index contributed by atoms with van der Waals surface area (Å²) in [6, 6.07) is 5.02. The average Bonchev–Trinajstić information content (AvgIpc) is 2.42. The first-order valence-electron chi connectivity index (χ1n) is 5.16. The second kappa shape index (κ2) is 6.94. The van der Waals surface area contributed by atoms with Gasteiger partial charge in [0.2, 0.25) is 0 Å². The summed E-state index contributed by atoms with van der Waals surface area (Å²) in [7, 11) is 3.01. The fourth-order valence-corrected chi connectivity index (χ4v) is 1.22. The molecular weight excluding hydrogens is 256 g/mol. The van der Waals surface area contributed by atoms with Gasteiger partial charge in [0.15, 0.2) is 0 Å². The van der Waals surface area contributed by atoms with E-state index < -0.39 is 12.2 Å². The third-order valence-corrected chi connectivity index (χ3v) is 2.02. The summed E-state index contributed by atoms with van der Waals surface area (Å²) in [5, 5.41) is 0. The number of amides is 2. The highest BCUT2D eigenvalue weighted by molar-refractivity contribution is 5.70. The van der Waals surface area contributed by atoms with E-state index in [1.54, 1.807) is 23.7 Å². The van der Waals surface area contributed by atoms with Crippen LogP contribution in [-0.2, 0) is 16.2 Å². The number of carbonyl (C=O) groups excluding carboxylic acids is 2. The maximum absolute atomic E-state index is 11.1. The van der Waals surface area contributed by atoms with Crippen LogP contribution in [0.4, 0.5) is 9.59 Å². The molecule has 0 bridgehead atoms. The predicted octanol–water partition coefficient (Wildman–Crippen LogP) is 0.940. The maximum atomic E-state index is 11.1. The molecule has 1 aromatic carbocycles. The molecule has 104 valence electrons. The van der Waals surface area contributed by atoms with Gasteiger partial charge >= 0.3 is 12.2 Å². The lowest BCUT2D eigenvalue weighted by molar-refractivity contribution is 0.0646. The first-order chi connectivity index (χ1) is 9.05. The lowest BCUT2D eigenvalue weighted by Gasteiger charge is -2.09. The lowest BCUT2D eigenvalue weighted by atomic mass is 10.2. The number of carbonyl (C=O) groups is 2. The third-order valence-electron chi connectivity index (χ3n) is 2.02. The van der Waals surface area contributed by atoms with E-state index in [0.29, 0.717) is 17.1 Å². The minimum atomic E-state index is -1.14. The van der Waals surface area contributed by atoms with Gasteiger partial charge in [-0.25, -0.2) is 9.59 Å². The maximum Gasteiger partial charge on any atom is 0.441 e. The Bertz CT molecular complexity index is 440. The molecule has 0 atom stereocenters. The molecule has 0 aliphatic rings. The molecule has 0 aromatic heterocycles. The Hall–Kier alpha value is -2.64. The van der Waals surface area contributed by atoms with Crippen molar-refractivity contribution in [1.29, 1.82) is 0 Å². The lowest BCUT2D eigenvalue weighted by Crippen LogP contribution is -2.30. The molecule has 0 fully saturated rings. The van der Waals surface area contributed by atoms with Crippen molar-refractivity contribution in [2.24, 2.45) is 5.73 Å². The Labute approximate surface area is 109 Å². The summed E-state index contributed by atoms with van der Waals surface area (Å²) in [5.41, 5.74) is 7.01. The third kappa shape index (κ3) is 5.02. The molecule has 0 saturated carbocycles. The highest BCUT2D eigenvalue weighted by atomic mass is 16.7. The van der Waals surface area contributed by atoms with E-state index in [9.17, 15) is 9.59 Å². The van der Waals surface area contributed by atoms with Crippen LogP contribution < -0.4 is 20.7 Å². The van der Waals surface area contributed by atoms with Crippen LogP contribution in [0.1, 0.15) is 5.56 Å². The van der Waals surface area contributed by atoms with Crippen molar-refractivity contribution < 1.29 is 28.6 Å². The second-order valence-electron chi connectivity index (χ2n) is 3.32. The Morgan fingerprint density at radius 2 is 1.74 bits per heavy atom. The number of nitrogens with one attached hydrogen (secondary N) is 1. The summed E-state index contributed by atoms with van der Waals surface area (Å²) in [4.78, 5) is 25.4. The SMILES string of the molecule is COc1cc(COC(=O)NOC(N)=O)cc(OC)c1. The highest BCUT2D eigenvalue weighted by Crippen LogP contribution is 2.22. The molecule has 19 heavy (non-hydrogen) atoms. The van der Waals surface area contributed by atoms with Crippen molar-refractivity contribution in [3.63, 3.8) is 0 Å². The topological polar surface area (TPSA) is 109 Å². The quantitative estimate of drug-likeness (QED) is 0.788. The molecule has 0 saturated heterocycles. The Morgan fingerprint density at radius 1 is 1.16 bits per heavy atom. The Balaban J connectivity index is 2.56. The van der Waals surface area contributed by atoms with Crippen LogP contribution >= 0.6 is 0 Å². The van der Waals surface area contributed by atoms with Gasteiger partial charge in [-0.05, 0) is 17.7 Å². The van der Waals surface area contributed by atoms with Crippen molar-refractivity contribution in [2.45, 2.75) is 6.61 Å². The molecule has 0 aliphatic carbocycles. The number of hydroxylamine groups is 1. The van der Waals surface area contributed by atoms with Gasteiger partial charge in [0, 0.05) is 6.07 Å². The minimum Gasteiger partial charge on any atom is -0.497 e. The van der Waals surface area contributed by atoms with E-state index in [0.717, 1.165) is 0 Å². The van der Waals surface area contributed by atoms with E-state index in [1.165, 1.54) is 14.2 Å². The summed E-state index contributed by atoms with van der Waals surface area (Å²) in [5.74, 6) is 1.12. The number of methoxy groups -OCH3 is 2. The monoisotopic (exact) mass is 270 g/mol. The van der Waals surface area contributed by atoms with Gasteiger partial charge in [-0.2, -0.15) is 0 Å². The summed E-state index contributed by atoms with van der Waals surface area (Å²) in [6.07, 6.45) is -2.08.